The zero-order valence-corrected chi connectivity index (χ0v) is 13.5. The second-order valence-electron chi connectivity index (χ2n) is 5.58. The Kier molecular flexibility index (Phi) is 4.06. The third-order valence-corrected chi connectivity index (χ3v) is 4.12. The number of amides is 1. The molecule has 0 saturated heterocycles. The van der Waals surface area contributed by atoms with E-state index in [1.54, 1.807) is 35.2 Å². The number of hydrogen-bond donors (Lipinski definition) is 0. The monoisotopic (exact) mass is 309 g/mol. The van der Waals surface area contributed by atoms with Crippen LogP contribution in [0.25, 0.3) is 11.0 Å². The molecule has 3 aromatic heterocycles. The molecule has 0 fully saturated rings. The van der Waals surface area contributed by atoms with Crippen LogP contribution in [-0.2, 0) is 11.3 Å². The quantitative estimate of drug-likeness (QED) is 0.742. The summed E-state index contributed by atoms with van der Waals surface area (Å²) in [6, 6.07) is 7.63. The van der Waals surface area contributed by atoms with Crippen LogP contribution in [0.1, 0.15) is 24.2 Å². The molecule has 0 radical (unpaired) electrons. The second kappa shape index (κ2) is 6.16. The van der Waals surface area contributed by atoms with E-state index in [4.69, 9.17) is 0 Å². The Balaban J connectivity index is 1.80. The SMILES string of the molecule is Cc1nn(CC(=O)N(C)C(C)c2cccnc2)c2ncccc12. The molecule has 0 aromatic carbocycles. The van der Waals surface area contributed by atoms with Crippen molar-refractivity contribution in [1.29, 1.82) is 0 Å². The van der Waals surface area contributed by atoms with E-state index in [1.165, 1.54) is 0 Å². The molecule has 0 N–H and O–H groups in total. The molecule has 0 aliphatic rings. The van der Waals surface area contributed by atoms with Crippen LogP contribution < -0.4 is 0 Å². The minimum Gasteiger partial charge on any atom is -0.337 e. The van der Waals surface area contributed by atoms with Crippen LogP contribution in [0.15, 0.2) is 42.9 Å². The number of rotatable bonds is 4. The lowest BCUT2D eigenvalue weighted by atomic mass is 10.1. The van der Waals surface area contributed by atoms with Crippen molar-refractivity contribution in [3.05, 3.63) is 54.1 Å². The molecule has 3 rings (SSSR count). The molecule has 118 valence electrons. The van der Waals surface area contributed by atoms with Crippen molar-refractivity contribution in [2.24, 2.45) is 0 Å². The Labute approximate surface area is 134 Å². The minimum absolute atomic E-state index is 0.0172. The summed E-state index contributed by atoms with van der Waals surface area (Å²) in [6.07, 6.45) is 5.22. The smallest absolute Gasteiger partial charge is 0.244 e. The van der Waals surface area contributed by atoms with E-state index in [9.17, 15) is 4.79 Å². The first-order valence-electron chi connectivity index (χ1n) is 7.51. The van der Waals surface area contributed by atoms with Gasteiger partial charge in [-0.3, -0.25) is 9.78 Å². The summed E-state index contributed by atoms with van der Waals surface area (Å²) in [5.41, 5.74) is 2.62. The molecular weight excluding hydrogens is 290 g/mol. The molecule has 3 aromatic rings. The van der Waals surface area contributed by atoms with E-state index in [-0.39, 0.29) is 18.5 Å². The maximum absolute atomic E-state index is 12.6. The fourth-order valence-corrected chi connectivity index (χ4v) is 2.58. The number of nitrogens with zero attached hydrogens (tertiary/aromatic N) is 5. The lowest BCUT2D eigenvalue weighted by Crippen LogP contribution is -2.33. The summed E-state index contributed by atoms with van der Waals surface area (Å²) >= 11 is 0. The van der Waals surface area contributed by atoms with E-state index < -0.39 is 0 Å². The normalized spacial score (nSPS) is 12.3. The van der Waals surface area contributed by atoms with Crippen LogP contribution in [0, 0.1) is 6.92 Å². The molecule has 6 heteroatoms. The summed E-state index contributed by atoms with van der Waals surface area (Å²) in [5.74, 6) is -0.0172. The summed E-state index contributed by atoms with van der Waals surface area (Å²) in [5, 5.41) is 5.41. The van der Waals surface area contributed by atoms with Gasteiger partial charge in [0.15, 0.2) is 5.65 Å². The van der Waals surface area contributed by atoms with Gasteiger partial charge in [-0.2, -0.15) is 5.10 Å². The molecule has 1 amide bonds. The fraction of sp³-hybridized carbons (Fsp3) is 0.294. The van der Waals surface area contributed by atoms with Crippen molar-refractivity contribution in [2.75, 3.05) is 7.05 Å². The fourth-order valence-electron chi connectivity index (χ4n) is 2.58. The first-order valence-corrected chi connectivity index (χ1v) is 7.51. The zero-order chi connectivity index (χ0) is 16.4. The lowest BCUT2D eigenvalue weighted by molar-refractivity contribution is -0.132. The van der Waals surface area contributed by atoms with Crippen LogP contribution in [-0.4, -0.2) is 37.6 Å². The third-order valence-electron chi connectivity index (χ3n) is 4.12. The Morgan fingerprint density at radius 3 is 2.83 bits per heavy atom. The molecule has 0 spiro atoms. The highest BCUT2D eigenvalue weighted by atomic mass is 16.2. The largest absolute Gasteiger partial charge is 0.337 e. The first kappa shape index (κ1) is 15.1. The average molecular weight is 309 g/mol. The van der Waals surface area contributed by atoms with E-state index in [0.29, 0.717) is 0 Å². The summed E-state index contributed by atoms with van der Waals surface area (Å²) in [7, 11) is 1.80. The molecule has 0 aliphatic carbocycles. The van der Waals surface area contributed by atoms with Crippen molar-refractivity contribution in [1.82, 2.24) is 24.6 Å². The summed E-state index contributed by atoms with van der Waals surface area (Å²) in [4.78, 5) is 22.8. The predicted octanol–water partition coefficient (Wildman–Crippen LogP) is 2.35. The summed E-state index contributed by atoms with van der Waals surface area (Å²) < 4.78 is 1.67. The van der Waals surface area contributed by atoms with Crippen LogP contribution in [0.3, 0.4) is 0 Å². The Hall–Kier alpha value is -2.76. The number of carbonyl (C=O) groups is 1. The standard InChI is InChI=1S/C17H19N5O/c1-12-15-7-5-9-19-17(15)22(20-12)11-16(23)21(3)13(2)14-6-4-8-18-10-14/h4-10,13H,11H2,1-3H3. The van der Waals surface area contributed by atoms with Gasteiger partial charge in [-0.05, 0) is 37.6 Å². The van der Waals surface area contributed by atoms with Gasteiger partial charge in [0.2, 0.25) is 5.91 Å². The van der Waals surface area contributed by atoms with E-state index in [0.717, 1.165) is 22.3 Å². The molecule has 3 heterocycles. The van der Waals surface area contributed by atoms with E-state index >= 15 is 0 Å². The van der Waals surface area contributed by atoms with Crippen LogP contribution in [0.5, 0.6) is 0 Å². The lowest BCUT2D eigenvalue weighted by Gasteiger charge is -2.25. The highest BCUT2D eigenvalue weighted by Crippen LogP contribution is 2.19. The Bertz CT molecular complexity index is 827. The molecule has 6 nitrogen and oxygen atoms in total. The summed E-state index contributed by atoms with van der Waals surface area (Å²) in [6.45, 7) is 4.08. The minimum atomic E-state index is -0.0490. The van der Waals surface area contributed by atoms with Gasteiger partial charge >= 0.3 is 0 Å². The number of likely N-dealkylation sites (N-methyl/N-ethyl adjacent to an activating group) is 1. The molecule has 0 saturated carbocycles. The van der Waals surface area contributed by atoms with Gasteiger partial charge in [0.05, 0.1) is 11.7 Å². The van der Waals surface area contributed by atoms with Crippen molar-refractivity contribution >= 4 is 16.9 Å². The van der Waals surface area contributed by atoms with E-state index in [2.05, 4.69) is 15.1 Å². The van der Waals surface area contributed by atoms with Gasteiger partial charge in [0, 0.05) is 31.0 Å². The molecule has 0 bridgehead atoms. The maximum atomic E-state index is 12.6. The Morgan fingerprint density at radius 1 is 1.30 bits per heavy atom. The van der Waals surface area contributed by atoms with Gasteiger partial charge in [-0.15, -0.1) is 0 Å². The van der Waals surface area contributed by atoms with Gasteiger partial charge < -0.3 is 4.90 Å². The van der Waals surface area contributed by atoms with Crippen molar-refractivity contribution in [3.63, 3.8) is 0 Å². The molecule has 0 aliphatic heterocycles. The highest BCUT2D eigenvalue weighted by Gasteiger charge is 2.19. The first-order chi connectivity index (χ1) is 11.1. The Morgan fingerprint density at radius 2 is 2.09 bits per heavy atom. The number of hydrogen-bond acceptors (Lipinski definition) is 4. The number of aryl methyl sites for hydroxylation is 1. The molecule has 1 unspecified atom stereocenters. The van der Waals surface area contributed by atoms with Crippen molar-refractivity contribution < 1.29 is 4.79 Å². The third kappa shape index (κ3) is 2.92. The van der Waals surface area contributed by atoms with Gasteiger partial charge in [0.25, 0.3) is 0 Å². The number of aromatic nitrogens is 4. The van der Waals surface area contributed by atoms with Gasteiger partial charge in [-0.25, -0.2) is 9.67 Å². The molecule has 1 atom stereocenters. The van der Waals surface area contributed by atoms with Crippen LogP contribution >= 0.6 is 0 Å². The van der Waals surface area contributed by atoms with Crippen molar-refractivity contribution in [2.45, 2.75) is 26.4 Å². The van der Waals surface area contributed by atoms with Gasteiger partial charge in [-0.1, -0.05) is 6.07 Å². The van der Waals surface area contributed by atoms with Crippen LogP contribution in [0.2, 0.25) is 0 Å². The molecule has 23 heavy (non-hydrogen) atoms. The predicted molar refractivity (Wildman–Crippen MR) is 87.7 cm³/mol. The number of pyridine rings is 2. The zero-order valence-electron chi connectivity index (χ0n) is 13.5. The average Bonchev–Trinajstić information content (AvgIpc) is 2.90. The number of carbonyl (C=O) groups excluding carboxylic acids is 1. The second-order valence-corrected chi connectivity index (χ2v) is 5.58. The van der Waals surface area contributed by atoms with Gasteiger partial charge in [0.1, 0.15) is 6.54 Å². The van der Waals surface area contributed by atoms with E-state index in [1.807, 2.05) is 38.1 Å². The maximum Gasteiger partial charge on any atom is 0.244 e. The molecular formula is C17H19N5O. The van der Waals surface area contributed by atoms with Crippen molar-refractivity contribution in [3.8, 4) is 0 Å². The topological polar surface area (TPSA) is 63.9 Å². The number of fused-ring (bicyclic) bond motifs is 1. The highest BCUT2D eigenvalue weighted by molar-refractivity contribution is 5.81. The van der Waals surface area contributed by atoms with Crippen LogP contribution in [0.4, 0.5) is 0 Å².